The van der Waals surface area contributed by atoms with Gasteiger partial charge in [-0.25, -0.2) is 13.1 Å². The molecule has 0 unspecified atom stereocenters. The number of nitrogens with two attached hydrogens (primary N) is 1. The monoisotopic (exact) mass is 314 g/mol. The quantitative estimate of drug-likeness (QED) is 0.810. The second kappa shape index (κ2) is 5.73. The maximum absolute atomic E-state index is 12.6. The highest BCUT2D eigenvalue weighted by Gasteiger charge is 2.35. The Morgan fingerprint density at radius 3 is 2.24 bits per heavy atom. The van der Waals surface area contributed by atoms with E-state index in [1.165, 1.54) is 26.4 Å². The Morgan fingerprint density at radius 2 is 1.71 bits per heavy atom. The fraction of sp³-hybridized carbons (Fsp3) is 0.571. The first-order valence-corrected chi connectivity index (χ1v) is 8.35. The summed E-state index contributed by atoms with van der Waals surface area (Å²) < 4.78 is 38.3. The van der Waals surface area contributed by atoms with E-state index in [-0.39, 0.29) is 16.3 Å². The zero-order valence-corrected chi connectivity index (χ0v) is 13.4. The number of nitrogen functional groups attached to an aromatic ring is 1. The number of benzene rings is 1. The normalized spacial score (nSPS) is 17.7. The molecule has 0 heterocycles. The van der Waals surface area contributed by atoms with Gasteiger partial charge in [0.05, 0.1) is 19.9 Å². The van der Waals surface area contributed by atoms with Crippen molar-refractivity contribution in [2.24, 2.45) is 0 Å². The van der Waals surface area contributed by atoms with E-state index in [0.29, 0.717) is 5.75 Å². The van der Waals surface area contributed by atoms with Crippen LogP contribution < -0.4 is 19.9 Å². The molecule has 1 aromatic rings. The van der Waals surface area contributed by atoms with Gasteiger partial charge in [0.1, 0.15) is 16.4 Å². The number of sulfonamides is 1. The Kier molecular flexibility index (Phi) is 4.34. The number of nitrogens with one attached hydrogen (secondary N) is 1. The molecule has 0 aromatic heterocycles. The van der Waals surface area contributed by atoms with Crippen molar-refractivity contribution in [3.8, 4) is 11.5 Å². The van der Waals surface area contributed by atoms with Crippen LogP contribution >= 0.6 is 0 Å². The predicted molar refractivity (Wildman–Crippen MR) is 81.2 cm³/mol. The van der Waals surface area contributed by atoms with Gasteiger partial charge in [-0.15, -0.1) is 0 Å². The topological polar surface area (TPSA) is 90.6 Å². The van der Waals surface area contributed by atoms with Gasteiger partial charge in [-0.2, -0.15) is 0 Å². The standard InChI is InChI=1S/C14H22N2O4S/c1-14(6-4-5-7-14)16-21(17,18)13-8-10(15)11(19-2)9-12(13)20-3/h8-9,16H,4-7,15H2,1-3H3. The molecule has 2 rings (SSSR count). The third-order valence-electron chi connectivity index (χ3n) is 3.89. The number of rotatable bonds is 5. The lowest BCUT2D eigenvalue weighted by Crippen LogP contribution is -2.43. The van der Waals surface area contributed by atoms with Crippen LogP contribution in [0.15, 0.2) is 17.0 Å². The van der Waals surface area contributed by atoms with Crippen molar-refractivity contribution < 1.29 is 17.9 Å². The van der Waals surface area contributed by atoms with Crippen LogP contribution in [-0.2, 0) is 10.0 Å². The minimum Gasteiger partial charge on any atom is -0.495 e. The average Bonchev–Trinajstić information content (AvgIpc) is 2.83. The fourth-order valence-corrected chi connectivity index (χ4v) is 4.39. The smallest absolute Gasteiger partial charge is 0.244 e. The van der Waals surface area contributed by atoms with Crippen LogP contribution in [0.25, 0.3) is 0 Å². The number of anilines is 1. The molecular formula is C14H22N2O4S. The van der Waals surface area contributed by atoms with Gasteiger partial charge in [-0.3, -0.25) is 0 Å². The van der Waals surface area contributed by atoms with E-state index in [2.05, 4.69) is 4.72 Å². The van der Waals surface area contributed by atoms with E-state index in [1.807, 2.05) is 6.92 Å². The lowest BCUT2D eigenvalue weighted by atomic mass is 10.0. The average molecular weight is 314 g/mol. The van der Waals surface area contributed by atoms with Gasteiger partial charge in [-0.1, -0.05) is 12.8 Å². The Bertz CT molecular complexity index is 622. The molecule has 3 N–H and O–H groups in total. The first kappa shape index (κ1) is 15.9. The summed E-state index contributed by atoms with van der Waals surface area (Å²) in [6.45, 7) is 1.93. The molecule has 1 aliphatic rings. The molecule has 0 spiro atoms. The van der Waals surface area contributed by atoms with E-state index < -0.39 is 15.6 Å². The van der Waals surface area contributed by atoms with Gasteiger partial charge < -0.3 is 15.2 Å². The minimum absolute atomic E-state index is 0.0384. The molecule has 118 valence electrons. The zero-order valence-electron chi connectivity index (χ0n) is 12.6. The third-order valence-corrected chi connectivity index (χ3v) is 5.55. The second-order valence-corrected chi connectivity index (χ2v) is 7.27. The van der Waals surface area contributed by atoms with E-state index in [1.54, 1.807) is 0 Å². The van der Waals surface area contributed by atoms with Crippen molar-refractivity contribution >= 4 is 15.7 Å². The largest absolute Gasteiger partial charge is 0.495 e. The number of ether oxygens (including phenoxy) is 2. The molecule has 1 fully saturated rings. The van der Waals surface area contributed by atoms with Crippen LogP contribution in [0.1, 0.15) is 32.6 Å². The predicted octanol–water partition coefficient (Wildman–Crippen LogP) is 1.90. The Balaban J connectivity index is 2.41. The molecule has 0 radical (unpaired) electrons. The van der Waals surface area contributed by atoms with Gasteiger partial charge >= 0.3 is 0 Å². The Hall–Kier alpha value is -1.47. The lowest BCUT2D eigenvalue weighted by Gasteiger charge is -2.25. The highest BCUT2D eigenvalue weighted by atomic mass is 32.2. The SMILES string of the molecule is COc1cc(OC)c(S(=O)(=O)NC2(C)CCCC2)cc1N. The van der Waals surface area contributed by atoms with Gasteiger partial charge in [0, 0.05) is 11.6 Å². The zero-order chi connectivity index (χ0) is 15.7. The Morgan fingerprint density at radius 1 is 1.14 bits per heavy atom. The van der Waals surface area contributed by atoms with E-state index in [4.69, 9.17) is 15.2 Å². The minimum atomic E-state index is -3.70. The highest BCUT2D eigenvalue weighted by Crippen LogP contribution is 2.36. The van der Waals surface area contributed by atoms with E-state index in [0.717, 1.165) is 25.7 Å². The maximum Gasteiger partial charge on any atom is 0.244 e. The second-order valence-electron chi connectivity index (χ2n) is 5.62. The van der Waals surface area contributed by atoms with Crippen LogP contribution in [-0.4, -0.2) is 28.2 Å². The maximum atomic E-state index is 12.6. The molecular weight excluding hydrogens is 292 g/mol. The molecule has 0 bridgehead atoms. The highest BCUT2D eigenvalue weighted by molar-refractivity contribution is 7.89. The molecule has 21 heavy (non-hydrogen) atoms. The van der Waals surface area contributed by atoms with Crippen molar-refractivity contribution in [1.82, 2.24) is 4.72 Å². The fourth-order valence-electron chi connectivity index (χ4n) is 2.74. The van der Waals surface area contributed by atoms with Crippen molar-refractivity contribution in [3.05, 3.63) is 12.1 Å². The summed E-state index contributed by atoms with van der Waals surface area (Å²) in [6.07, 6.45) is 3.72. The van der Waals surface area contributed by atoms with E-state index in [9.17, 15) is 8.42 Å². The molecule has 0 aliphatic heterocycles. The number of methoxy groups -OCH3 is 2. The van der Waals surface area contributed by atoms with Crippen LogP contribution in [0.4, 0.5) is 5.69 Å². The summed E-state index contributed by atoms with van der Waals surface area (Å²) in [6, 6.07) is 2.86. The lowest BCUT2D eigenvalue weighted by molar-refractivity contribution is 0.385. The van der Waals surface area contributed by atoms with Crippen LogP contribution in [0.3, 0.4) is 0 Å². The van der Waals surface area contributed by atoms with Crippen molar-refractivity contribution in [3.63, 3.8) is 0 Å². The summed E-state index contributed by atoms with van der Waals surface area (Å²) in [5.41, 5.74) is 5.68. The molecule has 0 amide bonds. The summed E-state index contributed by atoms with van der Waals surface area (Å²) in [4.78, 5) is 0.0384. The summed E-state index contributed by atoms with van der Waals surface area (Å²) in [5, 5.41) is 0. The van der Waals surface area contributed by atoms with Crippen LogP contribution in [0.5, 0.6) is 11.5 Å². The molecule has 0 atom stereocenters. The number of hydrogen-bond acceptors (Lipinski definition) is 5. The molecule has 0 saturated heterocycles. The van der Waals surface area contributed by atoms with Gasteiger partial charge in [-0.05, 0) is 25.8 Å². The number of hydrogen-bond donors (Lipinski definition) is 2. The van der Waals surface area contributed by atoms with Crippen molar-refractivity contribution in [2.75, 3.05) is 20.0 Å². The van der Waals surface area contributed by atoms with Crippen molar-refractivity contribution in [1.29, 1.82) is 0 Å². The van der Waals surface area contributed by atoms with E-state index >= 15 is 0 Å². The molecule has 7 heteroatoms. The van der Waals surface area contributed by atoms with Gasteiger partial charge in [0.15, 0.2) is 0 Å². The van der Waals surface area contributed by atoms with Gasteiger partial charge in [0.2, 0.25) is 10.0 Å². The van der Waals surface area contributed by atoms with Gasteiger partial charge in [0.25, 0.3) is 0 Å². The summed E-state index contributed by atoms with van der Waals surface area (Å²) in [7, 11) is -0.816. The van der Waals surface area contributed by atoms with Crippen LogP contribution in [0.2, 0.25) is 0 Å². The molecule has 1 saturated carbocycles. The van der Waals surface area contributed by atoms with Crippen molar-refractivity contribution in [2.45, 2.75) is 43.0 Å². The molecule has 6 nitrogen and oxygen atoms in total. The molecule has 1 aromatic carbocycles. The first-order chi connectivity index (χ1) is 9.81. The summed E-state index contributed by atoms with van der Waals surface area (Å²) >= 11 is 0. The van der Waals surface area contributed by atoms with Crippen LogP contribution in [0, 0.1) is 0 Å². The molecule has 1 aliphatic carbocycles. The third kappa shape index (κ3) is 3.24. The Labute approximate surface area is 125 Å². The summed E-state index contributed by atoms with van der Waals surface area (Å²) in [5.74, 6) is 0.605. The first-order valence-electron chi connectivity index (χ1n) is 6.87.